The van der Waals surface area contributed by atoms with E-state index in [0.717, 1.165) is 40.8 Å². The fourth-order valence-corrected chi connectivity index (χ4v) is 3.38. The van der Waals surface area contributed by atoms with Gasteiger partial charge in [0.25, 0.3) is 0 Å². The van der Waals surface area contributed by atoms with Gasteiger partial charge >= 0.3 is 0 Å². The number of anilines is 2. The van der Waals surface area contributed by atoms with Crippen LogP contribution in [-0.4, -0.2) is 36.9 Å². The Morgan fingerprint density at radius 1 is 1.33 bits per heavy atom. The van der Waals surface area contributed by atoms with E-state index in [1.54, 1.807) is 6.20 Å². The SMILES string of the molecule is C[C@]1(O)CC[C@@H](Nc2nc(N)nc3cc(-c4ccn[nH]4)ccc23)C1. The average molecular weight is 324 g/mol. The molecule has 1 aromatic carbocycles. The van der Waals surface area contributed by atoms with Gasteiger partial charge in [-0.3, -0.25) is 5.10 Å². The molecule has 0 unspecified atom stereocenters. The second-order valence-electron chi connectivity index (χ2n) is 6.71. The van der Waals surface area contributed by atoms with E-state index in [4.69, 9.17) is 5.73 Å². The second-order valence-corrected chi connectivity index (χ2v) is 6.71. The molecular weight excluding hydrogens is 304 g/mol. The van der Waals surface area contributed by atoms with Crippen molar-refractivity contribution in [3.63, 3.8) is 0 Å². The summed E-state index contributed by atoms with van der Waals surface area (Å²) in [7, 11) is 0. The number of rotatable bonds is 3. The molecule has 0 radical (unpaired) electrons. The van der Waals surface area contributed by atoms with E-state index >= 15 is 0 Å². The summed E-state index contributed by atoms with van der Waals surface area (Å²) < 4.78 is 0. The third-order valence-electron chi connectivity index (χ3n) is 4.58. The monoisotopic (exact) mass is 324 g/mol. The zero-order valence-electron chi connectivity index (χ0n) is 13.5. The smallest absolute Gasteiger partial charge is 0.222 e. The van der Waals surface area contributed by atoms with Gasteiger partial charge < -0.3 is 16.2 Å². The Morgan fingerprint density at radius 2 is 2.21 bits per heavy atom. The number of hydrogen-bond acceptors (Lipinski definition) is 6. The number of aromatic nitrogens is 4. The van der Waals surface area contributed by atoms with Crippen LogP contribution in [0.25, 0.3) is 22.2 Å². The summed E-state index contributed by atoms with van der Waals surface area (Å²) in [6.45, 7) is 1.87. The summed E-state index contributed by atoms with van der Waals surface area (Å²) in [6.07, 6.45) is 4.11. The summed E-state index contributed by atoms with van der Waals surface area (Å²) in [4.78, 5) is 8.71. The van der Waals surface area contributed by atoms with Gasteiger partial charge in [0.2, 0.25) is 5.95 Å². The standard InChI is InChI=1S/C17H20N6O/c1-17(24)6-4-11(9-17)20-15-12-3-2-10(13-5-7-19-23-13)8-14(12)21-16(18)22-15/h2-3,5,7-8,11,24H,4,6,9H2,1H3,(H,19,23)(H3,18,20,21,22)/t11-,17+/m1/s1. The third-order valence-corrected chi connectivity index (χ3v) is 4.58. The van der Waals surface area contributed by atoms with Crippen LogP contribution in [0.3, 0.4) is 0 Å². The Labute approximate surface area is 139 Å². The van der Waals surface area contributed by atoms with E-state index < -0.39 is 5.60 Å². The molecule has 4 rings (SSSR count). The largest absolute Gasteiger partial charge is 0.390 e. The molecule has 2 heterocycles. The molecule has 3 aromatic rings. The first-order chi connectivity index (χ1) is 11.5. The van der Waals surface area contributed by atoms with Gasteiger partial charge in [-0.05, 0) is 44.4 Å². The highest BCUT2D eigenvalue weighted by Crippen LogP contribution is 2.33. The van der Waals surface area contributed by atoms with Crippen molar-refractivity contribution in [3.05, 3.63) is 30.5 Å². The Balaban J connectivity index is 1.71. The number of H-pyrrole nitrogens is 1. The zero-order chi connectivity index (χ0) is 16.7. The van der Waals surface area contributed by atoms with E-state index in [1.165, 1.54) is 0 Å². The van der Waals surface area contributed by atoms with Crippen LogP contribution in [0.15, 0.2) is 30.5 Å². The lowest BCUT2D eigenvalue weighted by atomic mass is 10.1. The maximum absolute atomic E-state index is 10.1. The number of benzene rings is 1. The topological polar surface area (TPSA) is 113 Å². The van der Waals surface area contributed by atoms with Gasteiger partial charge in [0.05, 0.1) is 16.8 Å². The van der Waals surface area contributed by atoms with Crippen molar-refractivity contribution in [2.75, 3.05) is 11.1 Å². The van der Waals surface area contributed by atoms with Gasteiger partial charge in [0.1, 0.15) is 5.82 Å². The lowest BCUT2D eigenvalue weighted by Gasteiger charge is -2.18. The molecule has 0 aliphatic heterocycles. The maximum atomic E-state index is 10.1. The van der Waals surface area contributed by atoms with Crippen LogP contribution >= 0.6 is 0 Å². The summed E-state index contributed by atoms with van der Waals surface area (Å²) in [5, 5.41) is 21.4. The minimum absolute atomic E-state index is 0.185. The summed E-state index contributed by atoms with van der Waals surface area (Å²) in [6, 6.07) is 8.05. The van der Waals surface area contributed by atoms with Crippen molar-refractivity contribution in [2.24, 2.45) is 0 Å². The molecule has 0 bridgehead atoms. The maximum Gasteiger partial charge on any atom is 0.222 e. The molecule has 1 fully saturated rings. The van der Waals surface area contributed by atoms with Crippen LogP contribution in [0.4, 0.5) is 11.8 Å². The van der Waals surface area contributed by atoms with Gasteiger partial charge in [-0.2, -0.15) is 10.1 Å². The molecule has 2 atom stereocenters. The van der Waals surface area contributed by atoms with Crippen molar-refractivity contribution in [3.8, 4) is 11.3 Å². The first-order valence-electron chi connectivity index (χ1n) is 8.06. The Morgan fingerprint density at radius 3 is 2.92 bits per heavy atom. The molecule has 1 saturated carbocycles. The van der Waals surface area contributed by atoms with Crippen LogP contribution in [0.5, 0.6) is 0 Å². The number of nitrogens with zero attached hydrogens (tertiary/aromatic N) is 3. The highest BCUT2D eigenvalue weighted by atomic mass is 16.3. The minimum atomic E-state index is -0.611. The van der Waals surface area contributed by atoms with Gasteiger partial charge in [0.15, 0.2) is 0 Å². The van der Waals surface area contributed by atoms with Crippen molar-refractivity contribution < 1.29 is 5.11 Å². The van der Waals surface area contributed by atoms with Crippen LogP contribution in [0.2, 0.25) is 0 Å². The van der Waals surface area contributed by atoms with Crippen molar-refractivity contribution in [1.29, 1.82) is 0 Å². The Bertz CT molecular complexity index is 874. The third kappa shape index (κ3) is 2.78. The average Bonchev–Trinajstić information content (AvgIpc) is 3.16. The molecule has 124 valence electrons. The molecule has 7 heteroatoms. The van der Waals surface area contributed by atoms with Gasteiger partial charge in [0, 0.05) is 23.2 Å². The number of fused-ring (bicyclic) bond motifs is 1. The van der Waals surface area contributed by atoms with Crippen LogP contribution in [0, 0.1) is 0 Å². The molecule has 0 saturated heterocycles. The van der Waals surface area contributed by atoms with Crippen molar-refractivity contribution >= 4 is 22.7 Å². The molecule has 24 heavy (non-hydrogen) atoms. The lowest BCUT2D eigenvalue weighted by Crippen LogP contribution is -2.24. The van der Waals surface area contributed by atoms with Crippen molar-refractivity contribution in [2.45, 2.75) is 37.8 Å². The number of nitrogens with two attached hydrogens (primary N) is 1. The van der Waals surface area contributed by atoms with E-state index in [2.05, 4.69) is 25.5 Å². The predicted octanol–water partition coefficient (Wildman–Crippen LogP) is 2.32. The summed E-state index contributed by atoms with van der Waals surface area (Å²) in [5.74, 6) is 0.952. The molecule has 0 amide bonds. The molecule has 0 spiro atoms. The van der Waals surface area contributed by atoms with Crippen LogP contribution in [-0.2, 0) is 0 Å². The number of aliphatic hydroxyl groups is 1. The van der Waals surface area contributed by atoms with Crippen molar-refractivity contribution in [1.82, 2.24) is 20.2 Å². The molecule has 1 aliphatic rings. The van der Waals surface area contributed by atoms with E-state index in [0.29, 0.717) is 6.42 Å². The van der Waals surface area contributed by atoms with E-state index in [-0.39, 0.29) is 12.0 Å². The number of nitrogens with one attached hydrogen (secondary N) is 2. The fourth-order valence-electron chi connectivity index (χ4n) is 3.38. The van der Waals surface area contributed by atoms with Gasteiger partial charge in [-0.1, -0.05) is 6.07 Å². The lowest BCUT2D eigenvalue weighted by molar-refractivity contribution is 0.0673. The first kappa shape index (κ1) is 14.9. The highest BCUT2D eigenvalue weighted by Gasteiger charge is 2.33. The predicted molar refractivity (Wildman–Crippen MR) is 93.4 cm³/mol. The minimum Gasteiger partial charge on any atom is -0.390 e. The molecule has 1 aliphatic carbocycles. The van der Waals surface area contributed by atoms with E-state index in [1.807, 2.05) is 31.2 Å². The van der Waals surface area contributed by atoms with Gasteiger partial charge in [-0.25, -0.2) is 4.98 Å². The Kier molecular flexibility index (Phi) is 3.38. The molecule has 7 nitrogen and oxygen atoms in total. The van der Waals surface area contributed by atoms with Crippen LogP contribution in [0.1, 0.15) is 26.2 Å². The summed E-state index contributed by atoms with van der Waals surface area (Å²) in [5.41, 5.74) is 7.98. The summed E-state index contributed by atoms with van der Waals surface area (Å²) >= 11 is 0. The van der Waals surface area contributed by atoms with Gasteiger partial charge in [-0.15, -0.1) is 0 Å². The van der Waals surface area contributed by atoms with Crippen LogP contribution < -0.4 is 11.1 Å². The number of hydrogen-bond donors (Lipinski definition) is 4. The first-order valence-corrected chi connectivity index (χ1v) is 8.06. The number of aromatic amines is 1. The Hall–Kier alpha value is -2.67. The zero-order valence-corrected chi connectivity index (χ0v) is 13.5. The molecular formula is C17H20N6O. The quantitative estimate of drug-likeness (QED) is 0.588. The molecule has 5 N–H and O–H groups in total. The normalized spacial score (nSPS) is 23.7. The fraction of sp³-hybridized carbons (Fsp3) is 0.353. The van der Waals surface area contributed by atoms with E-state index in [9.17, 15) is 5.11 Å². The second kappa shape index (κ2) is 5.45. The number of nitrogen functional groups attached to an aromatic ring is 1. The highest BCUT2D eigenvalue weighted by molar-refractivity contribution is 5.92. The molecule has 2 aromatic heterocycles.